The third-order valence-electron chi connectivity index (χ3n) is 2.37. The van der Waals surface area contributed by atoms with E-state index in [0.717, 1.165) is 19.3 Å². The van der Waals surface area contributed by atoms with Crippen LogP contribution in [0.15, 0.2) is 0 Å². The number of carbonyl (C=O) groups is 1. The molecule has 0 saturated heterocycles. The Morgan fingerprint density at radius 1 is 1.73 bits per heavy atom. The largest absolute Gasteiger partial charge is 0.382 e. The van der Waals surface area contributed by atoms with Gasteiger partial charge in [0.25, 0.3) is 0 Å². The molecule has 0 aromatic heterocycles. The predicted octanol–water partition coefficient (Wildman–Crippen LogP) is 0.118. The van der Waals surface area contributed by atoms with Crippen molar-refractivity contribution in [1.82, 2.24) is 0 Å². The Bertz CT molecular complexity index is 162. The lowest BCUT2D eigenvalue weighted by atomic mass is 9.79. The van der Waals surface area contributed by atoms with Gasteiger partial charge in [-0.25, -0.2) is 0 Å². The second kappa shape index (κ2) is 3.03. The van der Waals surface area contributed by atoms with Gasteiger partial charge in [-0.05, 0) is 19.1 Å². The molecule has 3 N–H and O–H groups in total. The summed E-state index contributed by atoms with van der Waals surface area (Å²) in [5.74, 6) is -0.598. The van der Waals surface area contributed by atoms with Crippen LogP contribution in [0.2, 0.25) is 0 Å². The van der Waals surface area contributed by atoms with Gasteiger partial charge >= 0.3 is 0 Å². The van der Waals surface area contributed by atoms with Crippen molar-refractivity contribution < 1.29 is 9.90 Å². The third kappa shape index (κ3) is 1.37. The summed E-state index contributed by atoms with van der Waals surface area (Å²) in [5, 5.41) is 9.40. The van der Waals surface area contributed by atoms with Crippen molar-refractivity contribution in [2.24, 2.45) is 5.73 Å². The molecule has 1 atom stereocenters. The van der Waals surface area contributed by atoms with E-state index in [0.29, 0.717) is 0 Å². The van der Waals surface area contributed by atoms with Crippen LogP contribution in [0, 0.1) is 0 Å². The fraction of sp³-hybridized carbons (Fsp3) is 0.857. The second-order valence-corrected chi connectivity index (χ2v) is 4.15. The van der Waals surface area contributed by atoms with Crippen molar-refractivity contribution in [3.8, 4) is 0 Å². The monoisotopic (exact) mass is 175 g/mol. The van der Waals surface area contributed by atoms with E-state index in [1.807, 2.05) is 6.26 Å². The van der Waals surface area contributed by atoms with Crippen molar-refractivity contribution in [3.05, 3.63) is 0 Å². The summed E-state index contributed by atoms with van der Waals surface area (Å²) in [4.78, 5) is 10.7. The molecule has 64 valence electrons. The number of carbonyl (C=O) groups excluding carboxylic acids is 1. The first-order valence-corrected chi connectivity index (χ1v) is 4.87. The molecule has 1 saturated carbocycles. The number of thioether (sulfide) groups is 1. The van der Waals surface area contributed by atoms with Gasteiger partial charge in [0.1, 0.15) is 6.10 Å². The lowest BCUT2D eigenvalue weighted by molar-refractivity contribution is -0.128. The van der Waals surface area contributed by atoms with Gasteiger partial charge in [-0.3, -0.25) is 4.79 Å². The van der Waals surface area contributed by atoms with Crippen LogP contribution >= 0.6 is 11.8 Å². The normalized spacial score (nSPS) is 23.8. The minimum Gasteiger partial charge on any atom is -0.382 e. The average Bonchev–Trinajstić information content (AvgIpc) is 1.86. The molecule has 11 heavy (non-hydrogen) atoms. The van der Waals surface area contributed by atoms with Gasteiger partial charge in [0.05, 0.1) is 4.75 Å². The van der Waals surface area contributed by atoms with Crippen molar-refractivity contribution in [3.63, 3.8) is 0 Å². The van der Waals surface area contributed by atoms with E-state index in [9.17, 15) is 9.90 Å². The van der Waals surface area contributed by atoms with E-state index in [2.05, 4.69) is 0 Å². The van der Waals surface area contributed by atoms with Crippen LogP contribution in [0.4, 0.5) is 0 Å². The number of aliphatic hydroxyl groups is 1. The number of rotatable bonds is 3. The van der Waals surface area contributed by atoms with Gasteiger partial charge in [0, 0.05) is 0 Å². The first-order valence-electron chi connectivity index (χ1n) is 3.65. The molecule has 0 aliphatic heterocycles. The highest BCUT2D eigenvalue weighted by atomic mass is 32.2. The molecular formula is C7H13NO2S. The van der Waals surface area contributed by atoms with Gasteiger partial charge in [-0.2, -0.15) is 11.8 Å². The predicted molar refractivity (Wildman–Crippen MR) is 45.3 cm³/mol. The summed E-state index contributed by atoms with van der Waals surface area (Å²) >= 11 is 1.54. The van der Waals surface area contributed by atoms with E-state index in [-0.39, 0.29) is 4.75 Å². The molecule has 1 fully saturated rings. The minimum absolute atomic E-state index is 0.258. The third-order valence-corrected chi connectivity index (χ3v) is 3.82. The Morgan fingerprint density at radius 3 is 2.36 bits per heavy atom. The summed E-state index contributed by atoms with van der Waals surface area (Å²) in [6.07, 6.45) is 3.83. The highest BCUT2D eigenvalue weighted by molar-refractivity contribution is 8.00. The Labute approximate surface area is 70.3 Å². The van der Waals surface area contributed by atoms with Gasteiger partial charge < -0.3 is 10.8 Å². The first-order chi connectivity index (χ1) is 5.12. The number of nitrogens with two attached hydrogens (primary N) is 1. The van der Waals surface area contributed by atoms with Gasteiger partial charge in [0.15, 0.2) is 0 Å². The van der Waals surface area contributed by atoms with Crippen LogP contribution in [-0.4, -0.2) is 28.1 Å². The number of primary amides is 1. The van der Waals surface area contributed by atoms with Crippen molar-refractivity contribution in [1.29, 1.82) is 0 Å². The van der Waals surface area contributed by atoms with Gasteiger partial charge in [-0.15, -0.1) is 0 Å². The number of hydrogen-bond donors (Lipinski definition) is 2. The molecule has 0 bridgehead atoms. The Hall–Kier alpha value is -0.220. The number of amides is 1. The van der Waals surface area contributed by atoms with E-state index >= 15 is 0 Å². The zero-order chi connectivity index (χ0) is 8.48. The first kappa shape index (κ1) is 8.87. The molecule has 1 unspecified atom stereocenters. The summed E-state index contributed by atoms with van der Waals surface area (Å²) in [6.45, 7) is 0. The smallest absolute Gasteiger partial charge is 0.247 e. The molecule has 3 nitrogen and oxygen atoms in total. The minimum atomic E-state index is -0.966. The number of aliphatic hydroxyl groups excluding tert-OH is 1. The SMILES string of the molecule is CSC1(C(O)C(N)=O)CCC1. The van der Waals surface area contributed by atoms with Crippen molar-refractivity contribution >= 4 is 17.7 Å². The maximum atomic E-state index is 10.7. The fourth-order valence-corrected chi connectivity index (χ4v) is 2.41. The molecule has 1 rings (SSSR count). The maximum absolute atomic E-state index is 10.7. The van der Waals surface area contributed by atoms with Crippen LogP contribution < -0.4 is 5.73 Å². The Kier molecular flexibility index (Phi) is 2.44. The lowest BCUT2D eigenvalue weighted by Gasteiger charge is -2.42. The van der Waals surface area contributed by atoms with Crippen LogP contribution in [0.1, 0.15) is 19.3 Å². The molecule has 0 aromatic carbocycles. The zero-order valence-corrected chi connectivity index (χ0v) is 7.36. The maximum Gasteiger partial charge on any atom is 0.247 e. The van der Waals surface area contributed by atoms with Crippen LogP contribution in [-0.2, 0) is 4.79 Å². The Morgan fingerprint density at radius 2 is 2.27 bits per heavy atom. The van der Waals surface area contributed by atoms with E-state index < -0.39 is 12.0 Å². The van der Waals surface area contributed by atoms with E-state index in [1.54, 1.807) is 11.8 Å². The molecule has 0 aromatic rings. The Balaban J connectivity index is 2.61. The highest BCUT2D eigenvalue weighted by Gasteiger charge is 2.45. The molecule has 0 spiro atoms. The van der Waals surface area contributed by atoms with Crippen LogP contribution in [0.25, 0.3) is 0 Å². The molecule has 4 heteroatoms. The molecular weight excluding hydrogens is 162 g/mol. The topological polar surface area (TPSA) is 63.3 Å². The molecule has 1 aliphatic rings. The zero-order valence-electron chi connectivity index (χ0n) is 6.54. The molecule has 1 amide bonds. The van der Waals surface area contributed by atoms with Crippen LogP contribution in [0.3, 0.4) is 0 Å². The van der Waals surface area contributed by atoms with Gasteiger partial charge in [0.2, 0.25) is 5.91 Å². The van der Waals surface area contributed by atoms with Crippen molar-refractivity contribution in [2.45, 2.75) is 30.1 Å². The average molecular weight is 175 g/mol. The van der Waals surface area contributed by atoms with E-state index in [1.165, 1.54) is 0 Å². The number of hydrogen-bond acceptors (Lipinski definition) is 3. The second-order valence-electron chi connectivity index (χ2n) is 2.93. The highest BCUT2D eigenvalue weighted by Crippen LogP contribution is 2.45. The van der Waals surface area contributed by atoms with Crippen molar-refractivity contribution in [2.75, 3.05) is 6.26 Å². The fourth-order valence-electron chi connectivity index (χ4n) is 1.37. The van der Waals surface area contributed by atoms with Gasteiger partial charge in [-0.1, -0.05) is 6.42 Å². The summed E-state index contributed by atoms with van der Waals surface area (Å²) < 4.78 is -0.258. The summed E-state index contributed by atoms with van der Waals surface area (Å²) in [6, 6.07) is 0. The summed E-state index contributed by atoms with van der Waals surface area (Å²) in [7, 11) is 0. The van der Waals surface area contributed by atoms with Crippen LogP contribution in [0.5, 0.6) is 0 Å². The lowest BCUT2D eigenvalue weighted by Crippen LogP contribution is -2.51. The standard InChI is InChI=1S/C7H13NO2S/c1-11-7(3-2-4-7)5(9)6(8)10/h5,9H,2-4H2,1H3,(H2,8,10). The molecule has 0 heterocycles. The molecule has 0 radical (unpaired) electrons. The molecule has 1 aliphatic carbocycles. The van der Waals surface area contributed by atoms with E-state index in [4.69, 9.17) is 5.73 Å². The summed E-state index contributed by atoms with van der Waals surface area (Å²) in [5.41, 5.74) is 5.00. The quantitative estimate of drug-likeness (QED) is 0.640.